The van der Waals surface area contributed by atoms with Gasteiger partial charge >= 0.3 is 6.03 Å². The number of hydrogen-bond acceptors (Lipinski definition) is 2. The van der Waals surface area contributed by atoms with E-state index in [1.54, 1.807) is 12.5 Å². The van der Waals surface area contributed by atoms with Gasteiger partial charge in [-0.15, -0.1) is 0 Å². The number of urea groups is 1. The number of nitrogens with one attached hydrogen (secondary N) is 1. The Morgan fingerprint density at radius 3 is 2.95 bits per heavy atom. The third kappa shape index (κ3) is 3.87. The summed E-state index contributed by atoms with van der Waals surface area (Å²) in [4.78, 5) is 18.1. The Hall–Kier alpha value is -2.30. The van der Waals surface area contributed by atoms with Gasteiger partial charge in [0.1, 0.15) is 0 Å². The van der Waals surface area contributed by atoms with Crippen LogP contribution in [0, 0.1) is 5.92 Å². The van der Waals surface area contributed by atoms with Gasteiger partial charge in [-0.25, -0.2) is 9.78 Å². The van der Waals surface area contributed by atoms with Crippen LogP contribution in [0.15, 0.2) is 49.1 Å². The molecule has 1 unspecified atom stereocenters. The lowest BCUT2D eigenvalue weighted by Gasteiger charge is -2.17. The first kappa shape index (κ1) is 14.6. The Balaban J connectivity index is 1.41. The second-order valence-corrected chi connectivity index (χ2v) is 5.82. The van der Waals surface area contributed by atoms with Crippen LogP contribution in [0.2, 0.25) is 0 Å². The number of carbonyl (C=O) groups is 1. The second-order valence-electron chi connectivity index (χ2n) is 5.82. The van der Waals surface area contributed by atoms with Crippen molar-refractivity contribution in [3.8, 4) is 0 Å². The molecule has 1 aromatic carbocycles. The molecule has 1 atom stereocenters. The minimum Gasteiger partial charge on any atom is -0.336 e. The van der Waals surface area contributed by atoms with Gasteiger partial charge in [-0.1, -0.05) is 30.3 Å². The van der Waals surface area contributed by atoms with Crippen LogP contribution in [0.25, 0.3) is 0 Å². The van der Waals surface area contributed by atoms with E-state index in [4.69, 9.17) is 0 Å². The number of likely N-dealkylation sites (tertiary alicyclic amines) is 1. The zero-order valence-electron chi connectivity index (χ0n) is 12.7. The van der Waals surface area contributed by atoms with Gasteiger partial charge < -0.3 is 14.8 Å². The Morgan fingerprint density at radius 1 is 1.32 bits per heavy atom. The Morgan fingerprint density at radius 2 is 2.18 bits per heavy atom. The maximum atomic E-state index is 12.2. The van der Waals surface area contributed by atoms with Gasteiger partial charge in [0.15, 0.2) is 0 Å². The molecule has 0 aliphatic carbocycles. The lowest BCUT2D eigenvalue weighted by Crippen LogP contribution is -2.39. The van der Waals surface area contributed by atoms with Crippen molar-refractivity contribution in [1.82, 2.24) is 19.8 Å². The molecule has 1 aliphatic rings. The van der Waals surface area contributed by atoms with Gasteiger partial charge in [0.25, 0.3) is 0 Å². The van der Waals surface area contributed by atoms with Crippen molar-refractivity contribution in [3.63, 3.8) is 0 Å². The first-order valence-electron chi connectivity index (χ1n) is 7.84. The summed E-state index contributed by atoms with van der Waals surface area (Å²) in [6, 6.07) is 10.6. The van der Waals surface area contributed by atoms with Gasteiger partial charge in [0.05, 0.1) is 6.33 Å². The monoisotopic (exact) mass is 298 g/mol. The van der Waals surface area contributed by atoms with Crippen molar-refractivity contribution in [3.05, 3.63) is 54.6 Å². The van der Waals surface area contributed by atoms with Gasteiger partial charge in [-0.05, 0) is 24.3 Å². The highest BCUT2D eigenvalue weighted by Gasteiger charge is 2.25. The van der Waals surface area contributed by atoms with Crippen molar-refractivity contribution in [2.45, 2.75) is 19.4 Å². The van der Waals surface area contributed by atoms with Crippen molar-refractivity contribution in [1.29, 1.82) is 0 Å². The number of rotatable bonds is 5. The van der Waals surface area contributed by atoms with E-state index in [1.165, 1.54) is 5.56 Å². The standard InChI is InChI=1S/C17H22N4O/c22-17(19-8-11-20-10-7-18-14-20)21-9-6-16(13-21)12-15-4-2-1-3-5-15/h1-5,7,10,14,16H,6,8-9,11-13H2,(H,19,22). The number of imidazole rings is 1. The van der Waals surface area contributed by atoms with Gasteiger partial charge in [-0.3, -0.25) is 0 Å². The third-order valence-corrected chi connectivity index (χ3v) is 4.15. The molecule has 1 N–H and O–H groups in total. The predicted molar refractivity (Wildman–Crippen MR) is 85.5 cm³/mol. The number of benzene rings is 1. The fraction of sp³-hybridized carbons (Fsp3) is 0.412. The zero-order chi connectivity index (χ0) is 15.2. The topological polar surface area (TPSA) is 50.2 Å². The molecular weight excluding hydrogens is 276 g/mol. The molecule has 0 spiro atoms. The molecule has 2 amide bonds. The van der Waals surface area contributed by atoms with Crippen LogP contribution in [0.1, 0.15) is 12.0 Å². The maximum Gasteiger partial charge on any atom is 0.317 e. The minimum atomic E-state index is 0.0516. The molecule has 5 heteroatoms. The highest BCUT2D eigenvalue weighted by atomic mass is 16.2. The van der Waals surface area contributed by atoms with E-state index in [2.05, 4.69) is 34.6 Å². The minimum absolute atomic E-state index is 0.0516. The van der Waals surface area contributed by atoms with Crippen molar-refractivity contribution < 1.29 is 4.79 Å². The number of aromatic nitrogens is 2. The van der Waals surface area contributed by atoms with E-state index < -0.39 is 0 Å². The zero-order valence-corrected chi connectivity index (χ0v) is 12.7. The molecule has 1 aromatic heterocycles. The summed E-state index contributed by atoms with van der Waals surface area (Å²) in [6.07, 6.45) is 7.55. The van der Waals surface area contributed by atoms with E-state index in [9.17, 15) is 4.79 Å². The van der Waals surface area contributed by atoms with Crippen LogP contribution in [0.3, 0.4) is 0 Å². The summed E-state index contributed by atoms with van der Waals surface area (Å²) in [5, 5.41) is 2.99. The third-order valence-electron chi connectivity index (χ3n) is 4.15. The molecule has 0 radical (unpaired) electrons. The smallest absolute Gasteiger partial charge is 0.317 e. The SMILES string of the molecule is O=C(NCCn1ccnc1)N1CCC(Cc2ccccc2)C1. The molecule has 116 valence electrons. The summed E-state index contributed by atoms with van der Waals surface area (Å²) in [6.45, 7) is 3.10. The number of amides is 2. The number of carbonyl (C=O) groups excluding carboxylic acids is 1. The van der Waals surface area contributed by atoms with Crippen LogP contribution in [0.5, 0.6) is 0 Å². The molecule has 1 aliphatic heterocycles. The Kier molecular flexibility index (Phi) is 4.73. The first-order valence-corrected chi connectivity index (χ1v) is 7.84. The highest BCUT2D eigenvalue weighted by molar-refractivity contribution is 5.74. The van der Waals surface area contributed by atoms with E-state index in [1.807, 2.05) is 21.7 Å². The summed E-state index contributed by atoms with van der Waals surface area (Å²) in [5.74, 6) is 0.571. The Bertz CT molecular complexity index is 582. The molecule has 1 saturated heterocycles. The molecule has 0 bridgehead atoms. The van der Waals surface area contributed by atoms with Gasteiger partial charge in [-0.2, -0.15) is 0 Å². The van der Waals surface area contributed by atoms with E-state index in [-0.39, 0.29) is 6.03 Å². The summed E-state index contributed by atoms with van der Waals surface area (Å²) in [5.41, 5.74) is 1.36. The van der Waals surface area contributed by atoms with Gasteiger partial charge in [0.2, 0.25) is 0 Å². The molecule has 22 heavy (non-hydrogen) atoms. The molecular formula is C17H22N4O. The average Bonchev–Trinajstić information content (AvgIpc) is 3.20. The average molecular weight is 298 g/mol. The van der Waals surface area contributed by atoms with Crippen molar-refractivity contribution in [2.75, 3.05) is 19.6 Å². The normalized spacial score (nSPS) is 17.6. The quantitative estimate of drug-likeness (QED) is 0.919. The lowest BCUT2D eigenvalue weighted by atomic mass is 9.99. The van der Waals surface area contributed by atoms with Crippen molar-refractivity contribution in [2.24, 2.45) is 5.92 Å². The molecule has 5 nitrogen and oxygen atoms in total. The van der Waals surface area contributed by atoms with E-state index in [0.717, 1.165) is 32.5 Å². The lowest BCUT2D eigenvalue weighted by molar-refractivity contribution is 0.206. The first-order chi connectivity index (χ1) is 10.8. The molecule has 0 saturated carbocycles. The van der Waals surface area contributed by atoms with Crippen LogP contribution < -0.4 is 5.32 Å². The summed E-state index contributed by atoms with van der Waals surface area (Å²) in [7, 11) is 0. The maximum absolute atomic E-state index is 12.2. The molecule has 3 rings (SSSR count). The molecule has 1 fully saturated rings. The fourth-order valence-corrected chi connectivity index (χ4v) is 2.95. The predicted octanol–water partition coefficient (Wildman–Crippen LogP) is 2.16. The van der Waals surface area contributed by atoms with Crippen molar-refractivity contribution >= 4 is 6.03 Å². The summed E-state index contributed by atoms with van der Waals surface area (Å²) >= 11 is 0. The number of hydrogen-bond donors (Lipinski definition) is 1. The van der Waals surface area contributed by atoms with E-state index >= 15 is 0 Å². The largest absolute Gasteiger partial charge is 0.336 e. The van der Waals surface area contributed by atoms with Crippen LogP contribution in [-0.2, 0) is 13.0 Å². The highest BCUT2D eigenvalue weighted by Crippen LogP contribution is 2.20. The van der Waals surface area contributed by atoms with E-state index in [0.29, 0.717) is 12.5 Å². The van der Waals surface area contributed by atoms with Crippen LogP contribution in [0.4, 0.5) is 4.79 Å². The second kappa shape index (κ2) is 7.11. The van der Waals surface area contributed by atoms with Gasteiger partial charge in [0, 0.05) is 38.6 Å². The number of nitrogens with zero attached hydrogens (tertiary/aromatic N) is 3. The summed E-state index contributed by atoms with van der Waals surface area (Å²) < 4.78 is 1.96. The Labute approximate surface area is 131 Å². The molecule has 2 aromatic rings. The van der Waals surface area contributed by atoms with Crippen LogP contribution >= 0.6 is 0 Å². The fourth-order valence-electron chi connectivity index (χ4n) is 2.95. The van der Waals surface area contributed by atoms with Crippen LogP contribution in [-0.4, -0.2) is 40.1 Å². The molecule has 2 heterocycles.